The molecule has 1 aliphatic rings. The van der Waals surface area contributed by atoms with Gasteiger partial charge in [0.15, 0.2) is 11.5 Å². The van der Waals surface area contributed by atoms with Crippen molar-refractivity contribution >= 4 is 21.8 Å². The molecule has 0 unspecified atom stereocenters. The molecule has 2 aromatic carbocycles. The Balaban J connectivity index is 1.47. The molecule has 0 bridgehead atoms. The fraction of sp³-hybridized carbons (Fsp3) is 0.235. The average molecular weight is 362 g/mol. The summed E-state index contributed by atoms with van der Waals surface area (Å²) < 4.78 is 11.6. The summed E-state index contributed by atoms with van der Waals surface area (Å²) in [6, 6.07) is 13.7. The highest BCUT2D eigenvalue weighted by atomic mass is 79.9. The lowest BCUT2D eigenvalue weighted by molar-refractivity contribution is -0.121. The van der Waals surface area contributed by atoms with Crippen LogP contribution in [0.2, 0.25) is 0 Å². The largest absolute Gasteiger partial charge is 0.454 e. The molecule has 0 saturated carbocycles. The second-order valence-electron chi connectivity index (χ2n) is 5.09. The number of aryl methyl sites for hydroxylation is 1. The molecule has 1 aliphatic heterocycles. The molecule has 0 atom stereocenters. The molecule has 0 radical (unpaired) electrons. The lowest BCUT2D eigenvalue weighted by Gasteiger charge is -2.06. The Morgan fingerprint density at radius 3 is 2.59 bits per heavy atom. The van der Waals surface area contributed by atoms with Crippen LogP contribution >= 0.6 is 15.9 Å². The van der Waals surface area contributed by atoms with Gasteiger partial charge in [0.1, 0.15) is 0 Å². The molecule has 0 aromatic heterocycles. The van der Waals surface area contributed by atoms with E-state index >= 15 is 0 Å². The molecule has 22 heavy (non-hydrogen) atoms. The Labute approximate surface area is 137 Å². The topological polar surface area (TPSA) is 47.6 Å². The molecule has 5 heteroatoms. The molecular weight excluding hydrogens is 346 g/mol. The fourth-order valence-electron chi connectivity index (χ4n) is 2.25. The van der Waals surface area contributed by atoms with E-state index in [-0.39, 0.29) is 12.7 Å². The first-order valence-electron chi connectivity index (χ1n) is 7.10. The first kappa shape index (κ1) is 14.9. The van der Waals surface area contributed by atoms with Crippen LogP contribution in [0.4, 0.5) is 0 Å². The van der Waals surface area contributed by atoms with Gasteiger partial charge in [0.25, 0.3) is 0 Å². The molecule has 2 aromatic rings. The molecule has 114 valence electrons. The van der Waals surface area contributed by atoms with Gasteiger partial charge in [0.2, 0.25) is 12.7 Å². The zero-order valence-electron chi connectivity index (χ0n) is 12.0. The van der Waals surface area contributed by atoms with Crippen molar-refractivity contribution in [1.82, 2.24) is 5.32 Å². The summed E-state index contributed by atoms with van der Waals surface area (Å²) >= 11 is 3.39. The minimum Gasteiger partial charge on any atom is -0.454 e. The van der Waals surface area contributed by atoms with Crippen molar-refractivity contribution in [1.29, 1.82) is 0 Å². The zero-order chi connectivity index (χ0) is 15.4. The molecule has 1 N–H and O–H groups in total. The Bertz CT molecular complexity index is 670. The lowest BCUT2D eigenvalue weighted by Crippen LogP contribution is -2.22. The van der Waals surface area contributed by atoms with Crippen LogP contribution in [0.15, 0.2) is 46.9 Å². The van der Waals surface area contributed by atoms with Crippen LogP contribution in [-0.2, 0) is 17.8 Å². The number of nitrogens with one attached hydrogen (secondary N) is 1. The molecule has 3 rings (SSSR count). The first-order chi connectivity index (χ1) is 10.7. The molecular formula is C17H16BrNO3. The standard InChI is InChI=1S/C17H16BrNO3/c18-14-5-1-13(2-6-14)10-19-17(20)8-4-12-3-7-15-16(9-12)22-11-21-15/h1-3,5-7,9H,4,8,10-11H2,(H,19,20). The number of fused-ring (bicyclic) bond motifs is 1. The maximum absolute atomic E-state index is 11.9. The molecule has 0 aliphatic carbocycles. The third kappa shape index (κ3) is 3.80. The summed E-state index contributed by atoms with van der Waals surface area (Å²) in [7, 11) is 0. The van der Waals surface area contributed by atoms with E-state index in [9.17, 15) is 4.79 Å². The Morgan fingerprint density at radius 2 is 1.77 bits per heavy atom. The number of halogens is 1. The number of benzene rings is 2. The zero-order valence-corrected chi connectivity index (χ0v) is 13.6. The van der Waals surface area contributed by atoms with Crippen molar-refractivity contribution in [2.24, 2.45) is 0 Å². The number of carbonyl (C=O) groups excluding carboxylic acids is 1. The Hall–Kier alpha value is -2.01. The van der Waals surface area contributed by atoms with Gasteiger partial charge < -0.3 is 14.8 Å². The minimum absolute atomic E-state index is 0.0422. The normalized spacial score (nSPS) is 12.2. The molecule has 4 nitrogen and oxygen atoms in total. The SMILES string of the molecule is O=C(CCc1ccc2c(c1)OCO2)NCc1ccc(Br)cc1. The minimum atomic E-state index is 0.0422. The molecule has 0 spiro atoms. The van der Waals surface area contributed by atoms with Crippen LogP contribution in [0.1, 0.15) is 17.5 Å². The smallest absolute Gasteiger partial charge is 0.231 e. The number of hydrogen-bond donors (Lipinski definition) is 1. The van der Waals surface area contributed by atoms with E-state index in [2.05, 4.69) is 21.2 Å². The maximum atomic E-state index is 11.9. The van der Waals surface area contributed by atoms with Gasteiger partial charge in [0, 0.05) is 17.4 Å². The van der Waals surface area contributed by atoms with E-state index in [0.29, 0.717) is 19.4 Å². The van der Waals surface area contributed by atoms with Crippen molar-refractivity contribution in [2.45, 2.75) is 19.4 Å². The van der Waals surface area contributed by atoms with Gasteiger partial charge in [0.05, 0.1) is 0 Å². The second kappa shape index (κ2) is 6.83. The van der Waals surface area contributed by atoms with Crippen LogP contribution in [-0.4, -0.2) is 12.7 Å². The van der Waals surface area contributed by atoms with E-state index in [1.165, 1.54) is 0 Å². The summed E-state index contributed by atoms with van der Waals surface area (Å²) in [5.41, 5.74) is 2.16. The van der Waals surface area contributed by atoms with Crippen molar-refractivity contribution in [2.75, 3.05) is 6.79 Å². The summed E-state index contributed by atoms with van der Waals surface area (Å²) in [5.74, 6) is 1.57. The maximum Gasteiger partial charge on any atom is 0.231 e. The third-order valence-corrected chi connectivity index (χ3v) is 4.01. The highest BCUT2D eigenvalue weighted by molar-refractivity contribution is 9.10. The average Bonchev–Trinajstić information content (AvgIpc) is 3.00. The highest BCUT2D eigenvalue weighted by Crippen LogP contribution is 2.32. The van der Waals surface area contributed by atoms with Crippen LogP contribution < -0.4 is 14.8 Å². The molecule has 0 fully saturated rings. The Morgan fingerprint density at radius 1 is 1.05 bits per heavy atom. The van der Waals surface area contributed by atoms with E-state index in [1.54, 1.807) is 0 Å². The van der Waals surface area contributed by atoms with Crippen molar-refractivity contribution in [3.8, 4) is 11.5 Å². The summed E-state index contributed by atoms with van der Waals surface area (Å²) in [6.45, 7) is 0.819. The van der Waals surface area contributed by atoms with Gasteiger partial charge in [-0.2, -0.15) is 0 Å². The van der Waals surface area contributed by atoms with Crippen molar-refractivity contribution in [3.05, 3.63) is 58.1 Å². The number of ether oxygens (including phenoxy) is 2. The molecule has 1 amide bonds. The number of hydrogen-bond acceptors (Lipinski definition) is 3. The predicted molar refractivity (Wildman–Crippen MR) is 86.9 cm³/mol. The predicted octanol–water partition coefficient (Wildman–Crippen LogP) is 3.43. The summed E-state index contributed by atoms with van der Waals surface area (Å²) in [6.07, 6.45) is 1.14. The van der Waals surface area contributed by atoms with E-state index < -0.39 is 0 Å². The summed E-state index contributed by atoms with van der Waals surface area (Å²) in [5, 5.41) is 2.93. The van der Waals surface area contributed by atoms with Gasteiger partial charge in [-0.05, 0) is 41.8 Å². The van der Waals surface area contributed by atoms with Crippen LogP contribution in [0, 0.1) is 0 Å². The third-order valence-electron chi connectivity index (χ3n) is 3.48. The first-order valence-corrected chi connectivity index (χ1v) is 7.90. The van der Waals surface area contributed by atoms with E-state index in [1.807, 2.05) is 42.5 Å². The highest BCUT2D eigenvalue weighted by Gasteiger charge is 2.13. The summed E-state index contributed by atoms with van der Waals surface area (Å²) in [4.78, 5) is 11.9. The van der Waals surface area contributed by atoms with Crippen molar-refractivity contribution < 1.29 is 14.3 Å². The van der Waals surface area contributed by atoms with Gasteiger partial charge in [-0.15, -0.1) is 0 Å². The van der Waals surface area contributed by atoms with E-state index in [0.717, 1.165) is 27.1 Å². The van der Waals surface area contributed by atoms with Crippen molar-refractivity contribution in [3.63, 3.8) is 0 Å². The molecule has 0 saturated heterocycles. The second-order valence-corrected chi connectivity index (χ2v) is 6.01. The Kier molecular flexibility index (Phi) is 4.63. The monoisotopic (exact) mass is 361 g/mol. The van der Waals surface area contributed by atoms with Crippen LogP contribution in [0.25, 0.3) is 0 Å². The number of rotatable bonds is 5. The number of amides is 1. The van der Waals surface area contributed by atoms with Gasteiger partial charge in [-0.1, -0.05) is 34.1 Å². The van der Waals surface area contributed by atoms with Crippen LogP contribution in [0.5, 0.6) is 11.5 Å². The van der Waals surface area contributed by atoms with Gasteiger partial charge >= 0.3 is 0 Å². The molecule has 1 heterocycles. The van der Waals surface area contributed by atoms with Gasteiger partial charge in [-0.25, -0.2) is 0 Å². The fourth-order valence-corrected chi connectivity index (χ4v) is 2.51. The lowest BCUT2D eigenvalue weighted by atomic mass is 10.1. The number of carbonyl (C=O) groups is 1. The van der Waals surface area contributed by atoms with Crippen LogP contribution in [0.3, 0.4) is 0 Å². The van der Waals surface area contributed by atoms with Gasteiger partial charge in [-0.3, -0.25) is 4.79 Å². The van der Waals surface area contributed by atoms with E-state index in [4.69, 9.17) is 9.47 Å². The quantitative estimate of drug-likeness (QED) is 0.887.